The molecule has 1 aliphatic rings. The number of rotatable bonds is 2. The van der Waals surface area contributed by atoms with Gasteiger partial charge < -0.3 is 15.4 Å². The highest BCUT2D eigenvalue weighted by atomic mass is 16.3. The van der Waals surface area contributed by atoms with Crippen molar-refractivity contribution >= 4 is 16.8 Å². The van der Waals surface area contributed by atoms with Crippen LogP contribution in [-0.2, 0) is 0 Å². The van der Waals surface area contributed by atoms with Gasteiger partial charge in [0.05, 0.1) is 12.1 Å². The van der Waals surface area contributed by atoms with Crippen LogP contribution in [0.15, 0.2) is 30.3 Å². The second-order valence-corrected chi connectivity index (χ2v) is 5.20. The van der Waals surface area contributed by atoms with Crippen molar-refractivity contribution in [2.24, 2.45) is 0 Å². The molecular formula is C15H18N2O2. The van der Waals surface area contributed by atoms with Crippen molar-refractivity contribution in [1.82, 2.24) is 10.3 Å². The summed E-state index contributed by atoms with van der Waals surface area (Å²) >= 11 is 0. The van der Waals surface area contributed by atoms with Crippen LogP contribution in [0, 0.1) is 0 Å². The van der Waals surface area contributed by atoms with Crippen molar-refractivity contribution in [3.8, 4) is 0 Å². The molecule has 100 valence electrons. The van der Waals surface area contributed by atoms with E-state index in [1.807, 2.05) is 30.3 Å². The van der Waals surface area contributed by atoms with Crippen molar-refractivity contribution in [3.05, 3.63) is 36.0 Å². The molecule has 0 aliphatic heterocycles. The standard InChI is InChI=1S/C15H18N2O2/c18-14-8-4-3-7-12(14)17-15(19)13-9-10-5-1-2-6-11(10)16-13/h1-2,5-6,9,12,14,16,18H,3-4,7-8H2,(H,17,19). The second-order valence-electron chi connectivity index (χ2n) is 5.20. The molecule has 2 aromatic rings. The van der Waals surface area contributed by atoms with E-state index in [9.17, 15) is 9.90 Å². The molecular weight excluding hydrogens is 240 g/mol. The Balaban J connectivity index is 1.76. The Labute approximate surface area is 111 Å². The fourth-order valence-corrected chi connectivity index (χ4v) is 2.72. The lowest BCUT2D eigenvalue weighted by atomic mass is 9.92. The molecule has 1 heterocycles. The number of nitrogens with one attached hydrogen (secondary N) is 2. The smallest absolute Gasteiger partial charge is 0.268 e. The molecule has 19 heavy (non-hydrogen) atoms. The van der Waals surface area contributed by atoms with E-state index in [-0.39, 0.29) is 11.9 Å². The maximum absolute atomic E-state index is 12.2. The summed E-state index contributed by atoms with van der Waals surface area (Å²) in [7, 11) is 0. The maximum Gasteiger partial charge on any atom is 0.268 e. The molecule has 0 saturated heterocycles. The topological polar surface area (TPSA) is 65.1 Å². The average molecular weight is 258 g/mol. The molecule has 4 heteroatoms. The summed E-state index contributed by atoms with van der Waals surface area (Å²) in [6, 6.07) is 9.53. The van der Waals surface area contributed by atoms with Crippen LogP contribution in [0.4, 0.5) is 0 Å². The molecule has 0 bridgehead atoms. The molecule has 2 atom stereocenters. The molecule has 1 fully saturated rings. The number of hydrogen-bond donors (Lipinski definition) is 3. The van der Waals surface area contributed by atoms with Gasteiger partial charge in [0.1, 0.15) is 5.69 Å². The molecule has 3 rings (SSSR count). The number of aliphatic hydroxyl groups excluding tert-OH is 1. The number of amides is 1. The summed E-state index contributed by atoms with van der Waals surface area (Å²) in [6.07, 6.45) is 3.32. The molecule has 1 aliphatic carbocycles. The number of benzene rings is 1. The lowest BCUT2D eigenvalue weighted by Gasteiger charge is -2.28. The Bertz CT molecular complexity index is 558. The summed E-state index contributed by atoms with van der Waals surface area (Å²) < 4.78 is 0. The first-order valence-corrected chi connectivity index (χ1v) is 6.81. The van der Waals surface area contributed by atoms with E-state index in [0.29, 0.717) is 5.69 Å². The molecule has 0 spiro atoms. The average Bonchev–Trinajstić information content (AvgIpc) is 2.85. The first-order chi connectivity index (χ1) is 9.24. The minimum atomic E-state index is -0.415. The van der Waals surface area contributed by atoms with Gasteiger partial charge in [-0.1, -0.05) is 31.0 Å². The Morgan fingerprint density at radius 3 is 2.84 bits per heavy atom. The van der Waals surface area contributed by atoms with E-state index >= 15 is 0 Å². The van der Waals surface area contributed by atoms with Gasteiger partial charge >= 0.3 is 0 Å². The summed E-state index contributed by atoms with van der Waals surface area (Å²) in [6.45, 7) is 0. The molecule has 1 saturated carbocycles. The Morgan fingerprint density at radius 1 is 1.26 bits per heavy atom. The monoisotopic (exact) mass is 258 g/mol. The number of hydrogen-bond acceptors (Lipinski definition) is 2. The number of aliphatic hydroxyl groups is 1. The van der Waals surface area contributed by atoms with Gasteiger partial charge in [-0.25, -0.2) is 0 Å². The maximum atomic E-state index is 12.2. The Kier molecular flexibility index (Phi) is 3.25. The van der Waals surface area contributed by atoms with E-state index in [2.05, 4.69) is 10.3 Å². The van der Waals surface area contributed by atoms with Crippen LogP contribution in [0.2, 0.25) is 0 Å². The molecule has 3 N–H and O–H groups in total. The zero-order valence-electron chi connectivity index (χ0n) is 10.7. The highest BCUT2D eigenvalue weighted by molar-refractivity contribution is 5.98. The van der Waals surface area contributed by atoms with Crippen LogP contribution in [-0.4, -0.2) is 28.1 Å². The summed E-state index contributed by atoms with van der Waals surface area (Å²) in [5.41, 5.74) is 1.51. The molecule has 4 nitrogen and oxygen atoms in total. The minimum absolute atomic E-state index is 0.118. The van der Waals surface area contributed by atoms with Gasteiger partial charge in [0.2, 0.25) is 0 Å². The number of carbonyl (C=O) groups excluding carboxylic acids is 1. The molecule has 0 radical (unpaired) electrons. The molecule has 1 aromatic carbocycles. The van der Waals surface area contributed by atoms with Crippen molar-refractivity contribution in [2.45, 2.75) is 37.8 Å². The fraction of sp³-hybridized carbons (Fsp3) is 0.400. The van der Waals surface area contributed by atoms with Crippen LogP contribution >= 0.6 is 0 Å². The predicted molar refractivity (Wildman–Crippen MR) is 74.0 cm³/mol. The summed E-state index contributed by atoms with van der Waals surface area (Å²) in [4.78, 5) is 15.3. The summed E-state index contributed by atoms with van der Waals surface area (Å²) in [5.74, 6) is -0.137. The normalized spacial score (nSPS) is 23.4. The van der Waals surface area contributed by atoms with Crippen LogP contribution in [0.3, 0.4) is 0 Å². The highest BCUT2D eigenvalue weighted by Crippen LogP contribution is 2.19. The first-order valence-electron chi connectivity index (χ1n) is 6.81. The zero-order valence-corrected chi connectivity index (χ0v) is 10.7. The van der Waals surface area contributed by atoms with E-state index in [1.165, 1.54) is 0 Å². The quantitative estimate of drug-likeness (QED) is 0.773. The third-order valence-corrected chi connectivity index (χ3v) is 3.82. The third kappa shape index (κ3) is 2.49. The first kappa shape index (κ1) is 12.2. The molecule has 1 aromatic heterocycles. The second kappa shape index (κ2) is 5.05. The molecule has 1 amide bonds. The fourth-order valence-electron chi connectivity index (χ4n) is 2.72. The van der Waals surface area contributed by atoms with Crippen molar-refractivity contribution in [3.63, 3.8) is 0 Å². The number of para-hydroxylation sites is 1. The van der Waals surface area contributed by atoms with E-state index in [0.717, 1.165) is 36.6 Å². The minimum Gasteiger partial charge on any atom is -0.391 e. The van der Waals surface area contributed by atoms with Gasteiger partial charge in [0, 0.05) is 10.9 Å². The Hall–Kier alpha value is -1.81. The summed E-state index contributed by atoms with van der Waals surface area (Å²) in [5, 5.41) is 13.8. The van der Waals surface area contributed by atoms with Crippen LogP contribution in [0.1, 0.15) is 36.2 Å². The van der Waals surface area contributed by atoms with Gasteiger partial charge in [-0.3, -0.25) is 4.79 Å². The SMILES string of the molecule is O=C(NC1CCCCC1O)c1cc2ccccc2[nH]1. The van der Waals surface area contributed by atoms with Crippen molar-refractivity contribution in [2.75, 3.05) is 0 Å². The lowest BCUT2D eigenvalue weighted by molar-refractivity contribution is 0.0714. The van der Waals surface area contributed by atoms with E-state index in [4.69, 9.17) is 0 Å². The number of H-pyrrole nitrogens is 1. The third-order valence-electron chi connectivity index (χ3n) is 3.82. The van der Waals surface area contributed by atoms with Crippen LogP contribution in [0.25, 0.3) is 10.9 Å². The lowest BCUT2D eigenvalue weighted by Crippen LogP contribution is -2.45. The zero-order chi connectivity index (χ0) is 13.2. The number of carbonyl (C=O) groups is 1. The van der Waals surface area contributed by atoms with Crippen molar-refractivity contribution in [1.29, 1.82) is 0 Å². The van der Waals surface area contributed by atoms with Gasteiger partial charge in [0.25, 0.3) is 5.91 Å². The number of aromatic nitrogens is 1. The van der Waals surface area contributed by atoms with Gasteiger partial charge in [-0.05, 0) is 25.0 Å². The van der Waals surface area contributed by atoms with Gasteiger partial charge in [-0.2, -0.15) is 0 Å². The van der Waals surface area contributed by atoms with Crippen LogP contribution in [0.5, 0.6) is 0 Å². The van der Waals surface area contributed by atoms with Crippen molar-refractivity contribution < 1.29 is 9.90 Å². The number of fused-ring (bicyclic) bond motifs is 1. The van der Waals surface area contributed by atoms with E-state index in [1.54, 1.807) is 0 Å². The Morgan fingerprint density at radius 2 is 2.05 bits per heavy atom. The largest absolute Gasteiger partial charge is 0.391 e. The van der Waals surface area contributed by atoms with Gasteiger partial charge in [0.15, 0.2) is 0 Å². The molecule has 2 unspecified atom stereocenters. The number of aromatic amines is 1. The predicted octanol–water partition coefficient (Wildman–Crippen LogP) is 2.20. The highest BCUT2D eigenvalue weighted by Gasteiger charge is 2.25. The van der Waals surface area contributed by atoms with E-state index < -0.39 is 6.10 Å². The van der Waals surface area contributed by atoms with Crippen LogP contribution < -0.4 is 5.32 Å². The van der Waals surface area contributed by atoms with Gasteiger partial charge in [-0.15, -0.1) is 0 Å².